The zero-order valence-electron chi connectivity index (χ0n) is 18.7. The van der Waals surface area contributed by atoms with Crippen molar-refractivity contribution in [2.75, 3.05) is 0 Å². The first-order valence-electron chi connectivity index (χ1n) is 10.6. The molecule has 0 saturated carbocycles. The predicted octanol–water partition coefficient (Wildman–Crippen LogP) is 7.46. The van der Waals surface area contributed by atoms with E-state index in [1.807, 2.05) is 36.6 Å². The lowest BCUT2D eigenvalue weighted by molar-refractivity contribution is 0.0938. The van der Waals surface area contributed by atoms with Crippen LogP contribution in [0.15, 0.2) is 65.8 Å². The van der Waals surface area contributed by atoms with E-state index in [0.717, 1.165) is 16.8 Å². The Labute approximate surface area is 221 Å². The quantitative estimate of drug-likeness (QED) is 0.243. The summed E-state index contributed by atoms with van der Waals surface area (Å²) in [6, 6.07) is 16.0. The van der Waals surface area contributed by atoms with E-state index >= 15 is 0 Å². The number of carbonyl (C=O) groups is 1. The summed E-state index contributed by atoms with van der Waals surface area (Å²) in [6.45, 7) is 3.77. The number of halogens is 4. The molecule has 10 heteroatoms. The third-order valence-electron chi connectivity index (χ3n) is 5.26. The zero-order valence-corrected chi connectivity index (χ0v) is 21.8. The fraction of sp³-hybridized carbons (Fsp3) is 0.160. The van der Waals surface area contributed by atoms with Crippen molar-refractivity contribution in [3.8, 4) is 5.69 Å². The highest BCUT2D eigenvalue weighted by atomic mass is 35.5. The number of hydrogen-bond donors (Lipinski definition) is 1. The Morgan fingerprint density at radius 2 is 1.71 bits per heavy atom. The molecule has 180 valence electrons. The van der Waals surface area contributed by atoms with Crippen molar-refractivity contribution >= 4 is 52.5 Å². The van der Waals surface area contributed by atoms with E-state index in [-0.39, 0.29) is 16.7 Å². The maximum Gasteiger partial charge on any atom is 0.253 e. The van der Waals surface area contributed by atoms with Gasteiger partial charge in [-0.3, -0.25) is 9.36 Å². The highest BCUT2D eigenvalue weighted by Gasteiger charge is 2.23. The Balaban J connectivity index is 1.67. The first-order valence-corrected chi connectivity index (χ1v) is 12.7. The minimum Gasteiger partial charge on any atom is -0.342 e. The molecular formula is C25H20Cl3FN4OS. The van der Waals surface area contributed by atoms with E-state index in [2.05, 4.69) is 15.5 Å². The van der Waals surface area contributed by atoms with Gasteiger partial charge in [0.05, 0.1) is 22.3 Å². The van der Waals surface area contributed by atoms with E-state index in [1.165, 1.54) is 30.0 Å². The summed E-state index contributed by atoms with van der Waals surface area (Å²) < 4.78 is 15.2. The summed E-state index contributed by atoms with van der Waals surface area (Å²) >= 11 is 19.9. The molecule has 0 aliphatic rings. The fourth-order valence-corrected chi connectivity index (χ4v) is 5.01. The van der Waals surface area contributed by atoms with Gasteiger partial charge in [-0.05, 0) is 67.4 Å². The largest absolute Gasteiger partial charge is 0.342 e. The number of rotatable bonds is 7. The second-order valence-electron chi connectivity index (χ2n) is 7.84. The van der Waals surface area contributed by atoms with Crippen LogP contribution in [0.2, 0.25) is 15.1 Å². The smallest absolute Gasteiger partial charge is 0.253 e. The van der Waals surface area contributed by atoms with Gasteiger partial charge in [0.25, 0.3) is 5.91 Å². The van der Waals surface area contributed by atoms with E-state index in [4.69, 9.17) is 34.8 Å². The molecule has 0 bridgehead atoms. The molecule has 35 heavy (non-hydrogen) atoms. The summed E-state index contributed by atoms with van der Waals surface area (Å²) in [5.74, 6) is 0.427. The summed E-state index contributed by atoms with van der Waals surface area (Å²) in [6.07, 6.45) is 0. The maximum absolute atomic E-state index is 13.3. The van der Waals surface area contributed by atoms with Crippen molar-refractivity contribution in [1.29, 1.82) is 0 Å². The van der Waals surface area contributed by atoms with Crippen LogP contribution in [-0.4, -0.2) is 20.7 Å². The van der Waals surface area contributed by atoms with Gasteiger partial charge in [0.2, 0.25) is 0 Å². The molecule has 0 fully saturated rings. The monoisotopic (exact) mass is 548 g/mol. The van der Waals surface area contributed by atoms with Crippen LogP contribution in [0.4, 0.5) is 4.39 Å². The number of benzene rings is 3. The Bertz CT molecular complexity index is 1380. The van der Waals surface area contributed by atoms with Crippen LogP contribution >= 0.6 is 46.6 Å². The second kappa shape index (κ2) is 11.0. The van der Waals surface area contributed by atoms with E-state index in [9.17, 15) is 9.18 Å². The van der Waals surface area contributed by atoms with Crippen LogP contribution in [0.25, 0.3) is 5.69 Å². The van der Waals surface area contributed by atoms with Crippen LogP contribution in [0.5, 0.6) is 0 Å². The van der Waals surface area contributed by atoms with Gasteiger partial charge in [-0.15, -0.1) is 10.2 Å². The Kier molecular flexibility index (Phi) is 8.02. The lowest BCUT2D eigenvalue weighted by atomic mass is 10.1. The number of hydrogen-bond acceptors (Lipinski definition) is 4. The predicted molar refractivity (Wildman–Crippen MR) is 139 cm³/mol. The molecule has 0 aliphatic heterocycles. The molecule has 4 aromatic rings. The molecule has 3 aromatic carbocycles. The highest BCUT2D eigenvalue weighted by molar-refractivity contribution is 7.98. The Hall–Kier alpha value is -2.58. The van der Waals surface area contributed by atoms with Gasteiger partial charge in [0.15, 0.2) is 11.0 Å². The van der Waals surface area contributed by atoms with E-state index < -0.39 is 6.04 Å². The molecule has 1 aromatic heterocycles. The summed E-state index contributed by atoms with van der Waals surface area (Å²) in [5, 5.41) is 13.6. The van der Waals surface area contributed by atoms with Crippen molar-refractivity contribution in [1.82, 2.24) is 20.1 Å². The van der Waals surface area contributed by atoms with Crippen LogP contribution in [0, 0.1) is 12.7 Å². The number of carbonyl (C=O) groups excluding carboxylic acids is 1. The topological polar surface area (TPSA) is 59.8 Å². The average Bonchev–Trinajstić information content (AvgIpc) is 3.24. The van der Waals surface area contributed by atoms with Gasteiger partial charge < -0.3 is 5.32 Å². The first kappa shape index (κ1) is 25.5. The third-order valence-corrected chi connectivity index (χ3v) is 7.05. The lowest BCUT2D eigenvalue weighted by Crippen LogP contribution is -2.29. The average molecular weight is 550 g/mol. The van der Waals surface area contributed by atoms with Crippen LogP contribution in [0.3, 0.4) is 0 Å². The molecule has 1 amide bonds. The van der Waals surface area contributed by atoms with Crippen molar-refractivity contribution in [3.63, 3.8) is 0 Å². The minimum atomic E-state index is -0.514. The summed E-state index contributed by atoms with van der Waals surface area (Å²) in [7, 11) is 0. The number of aryl methyl sites for hydroxylation is 1. The third kappa shape index (κ3) is 5.98. The van der Waals surface area contributed by atoms with Gasteiger partial charge in [0, 0.05) is 15.8 Å². The molecule has 0 spiro atoms. The van der Waals surface area contributed by atoms with E-state index in [1.54, 1.807) is 24.3 Å². The summed E-state index contributed by atoms with van der Waals surface area (Å²) in [4.78, 5) is 12.9. The molecule has 4 rings (SSSR count). The van der Waals surface area contributed by atoms with Crippen molar-refractivity contribution in [3.05, 3.63) is 104 Å². The molecule has 1 atom stereocenters. The number of nitrogens with one attached hydrogen (secondary N) is 1. The highest BCUT2D eigenvalue weighted by Crippen LogP contribution is 2.31. The van der Waals surface area contributed by atoms with E-state index in [0.29, 0.717) is 32.3 Å². The zero-order chi connectivity index (χ0) is 25.1. The van der Waals surface area contributed by atoms with Crippen LogP contribution in [0.1, 0.15) is 40.3 Å². The number of thioether (sulfide) groups is 1. The van der Waals surface area contributed by atoms with Gasteiger partial charge in [0.1, 0.15) is 5.82 Å². The summed E-state index contributed by atoms with van der Waals surface area (Å²) in [5.41, 5.74) is 3.00. The van der Waals surface area contributed by atoms with Crippen LogP contribution in [-0.2, 0) is 5.75 Å². The lowest BCUT2D eigenvalue weighted by Gasteiger charge is -2.18. The Morgan fingerprint density at radius 3 is 2.43 bits per heavy atom. The normalized spacial score (nSPS) is 11.9. The molecule has 1 unspecified atom stereocenters. The van der Waals surface area contributed by atoms with Crippen molar-refractivity contribution < 1.29 is 9.18 Å². The first-order chi connectivity index (χ1) is 16.7. The maximum atomic E-state index is 13.3. The second-order valence-corrected chi connectivity index (χ2v) is 10.1. The molecule has 1 heterocycles. The van der Waals surface area contributed by atoms with Gasteiger partial charge >= 0.3 is 0 Å². The van der Waals surface area contributed by atoms with Gasteiger partial charge in [-0.1, -0.05) is 64.8 Å². The van der Waals surface area contributed by atoms with Gasteiger partial charge in [-0.2, -0.15) is 0 Å². The van der Waals surface area contributed by atoms with Gasteiger partial charge in [-0.25, -0.2) is 4.39 Å². The molecular weight excluding hydrogens is 530 g/mol. The molecule has 1 N–H and O–H groups in total. The SMILES string of the molecule is Cc1ccc(Cl)cc1-n1c(SCc2ccc(F)cc2)nnc1C(C)NC(=O)c1ccc(Cl)cc1Cl. The minimum absolute atomic E-state index is 0.255. The number of aromatic nitrogens is 3. The molecule has 0 aliphatic carbocycles. The molecule has 0 saturated heterocycles. The number of nitrogens with zero attached hydrogens (tertiary/aromatic N) is 3. The Morgan fingerprint density at radius 1 is 1.03 bits per heavy atom. The van der Waals surface area contributed by atoms with Crippen molar-refractivity contribution in [2.24, 2.45) is 0 Å². The number of amides is 1. The molecule has 0 radical (unpaired) electrons. The molecule has 5 nitrogen and oxygen atoms in total. The van der Waals surface area contributed by atoms with Crippen LogP contribution < -0.4 is 5.32 Å². The fourth-order valence-electron chi connectivity index (χ4n) is 3.45. The van der Waals surface area contributed by atoms with Crippen molar-refractivity contribution in [2.45, 2.75) is 30.8 Å². The standard InChI is InChI=1S/C25H20Cl3FN4OS/c1-14-3-6-18(27)12-22(14)33-23(15(2)30-24(34)20-10-7-17(26)11-21(20)28)31-32-25(33)35-13-16-4-8-19(29)9-5-16/h3-12,15H,13H2,1-2H3,(H,30,34).